The zero-order chi connectivity index (χ0) is 10.1. The lowest BCUT2D eigenvalue weighted by Gasteiger charge is -2.13. The van der Waals surface area contributed by atoms with E-state index in [9.17, 15) is 0 Å². The lowest BCUT2D eigenvalue weighted by molar-refractivity contribution is 0.954. The second-order valence-corrected chi connectivity index (χ2v) is 3.69. The highest BCUT2D eigenvalue weighted by Crippen LogP contribution is 2.23. The molecule has 0 atom stereocenters. The lowest BCUT2D eigenvalue weighted by Crippen LogP contribution is -1.96. The molecular weight excluding hydrogens is 176 g/mol. The molecule has 0 spiro atoms. The molecule has 0 N–H and O–H groups in total. The fourth-order valence-electron chi connectivity index (χ4n) is 1.46. The summed E-state index contributed by atoms with van der Waals surface area (Å²) in [6.07, 6.45) is 10.7. The van der Waals surface area contributed by atoms with Gasteiger partial charge >= 0.3 is 0 Å². The Labute approximate surface area is 87.5 Å². The van der Waals surface area contributed by atoms with Crippen molar-refractivity contribution in [3.63, 3.8) is 0 Å². The third kappa shape index (κ3) is 4.56. The van der Waals surface area contributed by atoms with Crippen molar-refractivity contribution >= 4 is 11.8 Å². The van der Waals surface area contributed by atoms with Crippen molar-refractivity contribution in [3.05, 3.63) is 23.3 Å². The van der Waals surface area contributed by atoms with Crippen LogP contribution in [0.25, 0.3) is 0 Å². The summed E-state index contributed by atoms with van der Waals surface area (Å²) in [7, 11) is 0. The van der Waals surface area contributed by atoms with Crippen LogP contribution in [0.1, 0.15) is 40.0 Å². The predicted octanol–water partition coefficient (Wildman–Crippen LogP) is 4.43. The van der Waals surface area contributed by atoms with Gasteiger partial charge in [-0.05, 0) is 36.7 Å². The van der Waals surface area contributed by atoms with Crippen LogP contribution in [-0.2, 0) is 0 Å². The van der Waals surface area contributed by atoms with Gasteiger partial charge in [0.25, 0.3) is 0 Å². The average molecular weight is 198 g/mol. The topological polar surface area (TPSA) is 0 Å². The summed E-state index contributed by atoms with van der Waals surface area (Å²) in [5.41, 5.74) is 3.15. The monoisotopic (exact) mass is 198 g/mol. The van der Waals surface area contributed by atoms with Crippen molar-refractivity contribution in [1.82, 2.24) is 0 Å². The lowest BCUT2D eigenvalue weighted by atomic mass is 9.97. The van der Waals surface area contributed by atoms with E-state index in [1.54, 1.807) is 11.1 Å². The van der Waals surface area contributed by atoms with E-state index in [0.717, 1.165) is 0 Å². The van der Waals surface area contributed by atoms with Gasteiger partial charge < -0.3 is 0 Å². The van der Waals surface area contributed by atoms with E-state index >= 15 is 0 Å². The minimum absolute atomic E-state index is 1.19. The molecule has 0 aromatic carbocycles. The molecule has 0 radical (unpaired) electrons. The zero-order valence-electron chi connectivity index (χ0n) is 9.39. The second kappa shape index (κ2) is 8.43. The van der Waals surface area contributed by atoms with Crippen LogP contribution in [0.3, 0.4) is 0 Å². The van der Waals surface area contributed by atoms with Crippen LogP contribution >= 0.6 is 11.8 Å². The molecule has 1 aliphatic rings. The Bertz CT molecular complexity index is 178. The van der Waals surface area contributed by atoms with E-state index in [1.165, 1.54) is 25.0 Å². The molecule has 0 fully saturated rings. The maximum atomic E-state index is 2.40. The van der Waals surface area contributed by atoms with E-state index in [2.05, 4.69) is 25.3 Å². The minimum atomic E-state index is 1.19. The molecule has 0 heterocycles. The Morgan fingerprint density at radius 2 is 1.69 bits per heavy atom. The predicted molar refractivity (Wildman–Crippen MR) is 65.4 cm³/mol. The summed E-state index contributed by atoms with van der Waals surface area (Å²) in [6, 6.07) is 0. The molecule has 0 aromatic heterocycles. The van der Waals surface area contributed by atoms with Gasteiger partial charge in [-0.3, -0.25) is 0 Å². The molecule has 0 bridgehead atoms. The molecule has 0 amide bonds. The van der Waals surface area contributed by atoms with Crippen molar-refractivity contribution in [2.45, 2.75) is 40.0 Å². The van der Waals surface area contributed by atoms with Gasteiger partial charge in [-0.1, -0.05) is 32.9 Å². The zero-order valence-corrected chi connectivity index (χ0v) is 10.2. The van der Waals surface area contributed by atoms with E-state index in [4.69, 9.17) is 0 Å². The summed E-state index contributed by atoms with van der Waals surface area (Å²) in [6.45, 7) is 6.24. The summed E-state index contributed by atoms with van der Waals surface area (Å²) in [5, 5.41) is 0. The number of hydrogen-bond acceptors (Lipinski definition) is 1. The van der Waals surface area contributed by atoms with Crippen molar-refractivity contribution in [1.29, 1.82) is 0 Å². The van der Waals surface area contributed by atoms with Crippen LogP contribution in [-0.4, -0.2) is 12.0 Å². The smallest absolute Gasteiger partial charge is 0.0181 e. The summed E-state index contributed by atoms with van der Waals surface area (Å²) in [5.74, 6) is 1.19. The molecule has 0 saturated heterocycles. The standard InChI is InChI=1S/C10H16S.C2H6/c1-3-9-6-4-5-7-10(9)8-11-2;1-2/h6-7H,3-5,8H2,1-2H3;1-2H3. The number of allylic oxidation sites excluding steroid dienone is 3. The van der Waals surface area contributed by atoms with E-state index in [1.807, 2.05) is 25.6 Å². The number of hydrogen-bond donors (Lipinski definition) is 0. The molecule has 76 valence electrons. The third-order valence-electron chi connectivity index (χ3n) is 2.04. The largest absolute Gasteiger partial charge is 0.161 e. The molecule has 1 heteroatoms. The Kier molecular flexibility index (Phi) is 8.32. The Hall–Kier alpha value is -0.170. The molecule has 0 nitrogen and oxygen atoms in total. The van der Waals surface area contributed by atoms with Crippen molar-refractivity contribution in [2.24, 2.45) is 0 Å². The molecular formula is C12H22S. The van der Waals surface area contributed by atoms with E-state index < -0.39 is 0 Å². The molecule has 0 aliphatic heterocycles. The van der Waals surface area contributed by atoms with Crippen LogP contribution in [0.15, 0.2) is 23.3 Å². The summed E-state index contributed by atoms with van der Waals surface area (Å²) in [4.78, 5) is 0. The maximum Gasteiger partial charge on any atom is 0.0181 e. The molecule has 13 heavy (non-hydrogen) atoms. The van der Waals surface area contributed by atoms with Crippen LogP contribution in [0, 0.1) is 0 Å². The van der Waals surface area contributed by atoms with E-state index in [0.29, 0.717) is 0 Å². The summed E-state index contributed by atoms with van der Waals surface area (Å²) >= 11 is 1.92. The highest BCUT2D eigenvalue weighted by molar-refractivity contribution is 7.98. The van der Waals surface area contributed by atoms with Gasteiger partial charge in [0.05, 0.1) is 0 Å². The van der Waals surface area contributed by atoms with Crippen LogP contribution in [0.4, 0.5) is 0 Å². The fraction of sp³-hybridized carbons (Fsp3) is 0.667. The highest BCUT2D eigenvalue weighted by atomic mass is 32.2. The normalized spacial score (nSPS) is 15.4. The minimum Gasteiger partial charge on any atom is -0.161 e. The number of thioether (sulfide) groups is 1. The van der Waals surface area contributed by atoms with Gasteiger partial charge in [0.2, 0.25) is 0 Å². The van der Waals surface area contributed by atoms with Gasteiger partial charge in [0.1, 0.15) is 0 Å². The average Bonchev–Trinajstić information content (AvgIpc) is 2.22. The maximum absolute atomic E-state index is 2.40. The van der Waals surface area contributed by atoms with Gasteiger partial charge in [0.15, 0.2) is 0 Å². The van der Waals surface area contributed by atoms with Gasteiger partial charge in [-0.15, -0.1) is 0 Å². The molecule has 0 unspecified atom stereocenters. The van der Waals surface area contributed by atoms with Crippen LogP contribution in [0.2, 0.25) is 0 Å². The molecule has 0 aromatic rings. The van der Waals surface area contributed by atoms with Crippen LogP contribution in [0.5, 0.6) is 0 Å². The van der Waals surface area contributed by atoms with Crippen molar-refractivity contribution in [3.8, 4) is 0 Å². The molecule has 1 aliphatic carbocycles. The molecule has 0 saturated carbocycles. The van der Waals surface area contributed by atoms with Crippen molar-refractivity contribution < 1.29 is 0 Å². The van der Waals surface area contributed by atoms with E-state index in [-0.39, 0.29) is 0 Å². The Balaban J connectivity index is 0.000000671. The SMILES string of the molecule is CC.CCC1=CCCC=C1CSC. The highest BCUT2D eigenvalue weighted by Gasteiger charge is 2.05. The van der Waals surface area contributed by atoms with Crippen LogP contribution < -0.4 is 0 Å². The Morgan fingerprint density at radius 1 is 1.15 bits per heavy atom. The van der Waals surface area contributed by atoms with Gasteiger partial charge in [-0.25, -0.2) is 0 Å². The fourth-order valence-corrected chi connectivity index (χ4v) is 2.07. The first kappa shape index (κ1) is 12.8. The first-order chi connectivity index (χ1) is 6.38. The first-order valence-corrected chi connectivity index (χ1v) is 6.65. The molecule has 1 rings (SSSR count). The first-order valence-electron chi connectivity index (χ1n) is 5.25. The summed E-state index contributed by atoms with van der Waals surface area (Å²) < 4.78 is 0. The van der Waals surface area contributed by atoms with Crippen molar-refractivity contribution in [2.75, 3.05) is 12.0 Å². The Morgan fingerprint density at radius 3 is 2.15 bits per heavy atom. The van der Waals surface area contributed by atoms with Gasteiger partial charge in [0, 0.05) is 5.75 Å². The third-order valence-corrected chi connectivity index (χ3v) is 2.64. The van der Waals surface area contributed by atoms with Gasteiger partial charge in [-0.2, -0.15) is 11.8 Å². The second-order valence-electron chi connectivity index (χ2n) is 2.82. The number of rotatable bonds is 3. The quantitative estimate of drug-likeness (QED) is 0.646.